The van der Waals surface area contributed by atoms with Gasteiger partial charge in [0, 0.05) is 6.04 Å². The zero-order chi connectivity index (χ0) is 11.7. The summed E-state index contributed by atoms with van der Waals surface area (Å²) in [6, 6.07) is 0.883. The van der Waals surface area contributed by atoms with Gasteiger partial charge in [-0.1, -0.05) is 39.0 Å². The van der Waals surface area contributed by atoms with Crippen molar-refractivity contribution in [2.24, 2.45) is 23.7 Å². The average Bonchev–Trinajstić information content (AvgIpc) is 2.94. The first-order valence-corrected chi connectivity index (χ1v) is 8.15. The van der Waals surface area contributed by atoms with E-state index in [4.69, 9.17) is 0 Å². The highest BCUT2D eigenvalue weighted by Crippen LogP contribution is 2.60. The minimum Gasteiger partial charge on any atom is -0.314 e. The van der Waals surface area contributed by atoms with Crippen molar-refractivity contribution < 1.29 is 0 Å². The molecular weight excluding hydrogens is 206 g/mol. The molecule has 3 saturated carbocycles. The summed E-state index contributed by atoms with van der Waals surface area (Å²) >= 11 is 0. The van der Waals surface area contributed by atoms with E-state index < -0.39 is 0 Å². The normalized spacial score (nSPS) is 39.7. The highest BCUT2D eigenvalue weighted by Gasteiger charge is 2.56. The molecule has 17 heavy (non-hydrogen) atoms. The van der Waals surface area contributed by atoms with E-state index in [1.54, 1.807) is 12.8 Å². The van der Waals surface area contributed by atoms with Crippen molar-refractivity contribution in [2.75, 3.05) is 6.54 Å². The minimum absolute atomic E-state index is 0.883. The third kappa shape index (κ3) is 2.41. The molecular formula is C16H29N. The first-order valence-electron chi connectivity index (χ1n) is 8.15. The Bertz CT molecular complexity index is 232. The molecule has 0 aromatic rings. The summed E-state index contributed by atoms with van der Waals surface area (Å²) in [6.45, 7) is 3.47. The summed E-state index contributed by atoms with van der Waals surface area (Å²) in [7, 11) is 0. The molecule has 0 heterocycles. The molecule has 0 aromatic carbocycles. The smallest absolute Gasteiger partial charge is 0.0129 e. The first kappa shape index (κ1) is 12.0. The molecule has 3 unspecified atom stereocenters. The van der Waals surface area contributed by atoms with Crippen LogP contribution in [0.1, 0.15) is 64.7 Å². The molecule has 0 bridgehead atoms. The monoisotopic (exact) mass is 235 g/mol. The van der Waals surface area contributed by atoms with Gasteiger partial charge in [0.25, 0.3) is 0 Å². The van der Waals surface area contributed by atoms with Crippen LogP contribution in [0.3, 0.4) is 0 Å². The molecule has 0 radical (unpaired) electrons. The summed E-state index contributed by atoms with van der Waals surface area (Å²) in [5, 5.41) is 3.87. The fourth-order valence-corrected chi connectivity index (χ4v) is 4.93. The first-order chi connectivity index (χ1) is 8.42. The lowest BCUT2D eigenvalue weighted by molar-refractivity contribution is 0.271. The standard InChI is InChI=1S/C16H29N/c1-2-17-16(12-8-5-3-4-6-9-12)15-13-10-7-11-14(13)15/h12-17H,2-11H2,1H3. The number of fused-ring (bicyclic) bond motifs is 1. The number of hydrogen-bond acceptors (Lipinski definition) is 1. The van der Waals surface area contributed by atoms with E-state index >= 15 is 0 Å². The van der Waals surface area contributed by atoms with Crippen LogP contribution in [0.4, 0.5) is 0 Å². The lowest BCUT2D eigenvalue weighted by Gasteiger charge is -2.28. The van der Waals surface area contributed by atoms with E-state index in [0.29, 0.717) is 0 Å². The van der Waals surface area contributed by atoms with E-state index in [1.807, 2.05) is 0 Å². The van der Waals surface area contributed by atoms with Crippen LogP contribution in [0.15, 0.2) is 0 Å². The van der Waals surface area contributed by atoms with Gasteiger partial charge in [-0.2, -0.15) is 0 Å². The third-order valence-electron chi connectivity index (χ3n) is 5.73. The maximum atomic E-state index is 3.87. The van der Waals surface area contributed by atoms with Gasteiger partial charge in [-0.05, 0) is 55.9 Å². The van der Waals surface area contributed by atoms with E-state index in [-0.39, 0.29) is 0 Å². The zero-order valence-electron chi connectivity index (χ0n) is 11.5. The number of nitrogens with one attached hydrogen (secondary N) is 1. The van der Waals surface area contributed by atoms with E-state index in [2.05, 4.69) is 12.2 Å². The molecule has 3 aliphatic rings. The van der Waals surface area contributed by atoms with Gasteiger partial charge in [-0.25, -0.2) is 0 Å². The van der Waals surface area contributed by atoms with Crippen LogP contribution in [-0.2, 0) is 0 Å². The van der Waals surface area contributed by atoms with E-state index in [9.17, 15) is 0 Å². The quantitative estimate of drug-likeness (QED) is 0.727. The Morgan fingerprint density at radius 1 is 0.882 bits per heavy atom. The second kappa shape index (κ2) is 5.30. The van der Waals surface area contributed by atoms with Crippen molar-refractivity contribution in [3.8, 4) is 0 Å². The SMILES string of the molecule is CCNC(C1CCCCCC1)C1C2CCCC21. The highest BCUT2D eigenvalue weighted by atomic mass is 14.9. The van der Waals surface area contributed by atoms with Crippen LogP contribution in [0.2, 0.25) is 0 Å². The Labute approximate surface area is 107 Å². The molecule has 1 N–H and O–H groups in total. The van der Waals surface area contributed by atoms with Crippen LogP contribution < -0.4 is 5.32 Å². The predicted molar refractivity (Wildman–Crippen MR) is 73.0 cm³/mol. The average molecular weight is 235 g/mol. The summed E-state index contributed by atoms with van der Waals surface area (Å²) in [5.74, 6) is 4.34. The molecule has 0 aromatic heterocycles. The van der Waals surface area contributed by atoms with Crippen molar-refractivity contribution in [2.45, 2.75) is 70.8 Å². The molecule has 98 valence electrons. The third-order valence-corrected chi connectivity index (χ3v) is 5.73. The molecule has 3 atom stereocenters. The fourth-order valence-electron chi connectivity index (χ4n) is 4.93. The largest absolute Gasteiger partial charge is 0.314 e. The molecule has 1 heteroatoms. The van der Waals surface area contributed by atoms with Gasteiger partial charge in [-0.3, -0.25) is 0 Å². The Morgan fingerprint density at radius 3 is 2.12 bits per heavy atom. The Morgan fingerprint density at radius 2 is 1.53 bits per heavy atom. The summed E-state index contributed by atoms with van der Waals surface area (Å²) in [4.78, 5) is 0. The van der Waals surface area contributed by atoms with Gasteiger partial charge in [0.15, 0.2) is 0 Å². The number of hydrogen-bond donors (Lipinski definition) is 1. The van der Waals surface area contributed by atoms with Gasteiger partial charge in [0.05, 0.1) is 0 Å². The maximum Gasteiger partial charge on any atom is 0.0129 e. The summed E-state index contributed by atoms with van der Waals surface area (Å²) in [5.41, 5.74) is 0. The van der Waals surface area contributed by atoms with Crippen LogP contribution in [0, 0.1) is 23.7 Å². The Kier molecular flexibility index (Phi) is 3.75. The van der Waals surface area contributed by atoms with E-state index in [0.717, 1.165) is 29.7 Å². The Hall–Kier alpha value is -0.0400. The predicted octanol–water partition coefficient (Wildman–Crippen LogP) is 3.98. The molecule has 3 aliphatic carbocycles. The van der Waals surface area contributed by atoms with Crippen molar-refractivity contribution in [1.29, 1.82) is 0 Å². The molecule has 0 spiro atoms. The summed E-state index contributed by atoms with van der Waals surface area (Å²) < 4.78 is 0. The molecule has 1 nitrogen and oxygen atoms in total. The second-order valence-corrected chi connectivity index (χ2v) is 6.67. The van der Waals surface area contributed by atoms with Crippen LogP contribution in [0.5, 0.6) is 0 Å². The molecule has 3 fully saturated rings. The number of rotatable bonds is 4. The van der Waals surface area contributed by atoms with Crippen molar-refractivity contribution >= 4 is 0 Å². The lowest BCUT2D eigenvalue weighted by Crippen LogP contribution is -2.39. The van der Waals surface area contributed by atoms with Gasteiger partial charge in [-0.15, -0.1) is 0 Å². The van der Waals surface area contributed by atoms with Gasteiger partial charge in [0.2, 0.25) is 0 Å². The van der Waals surface area contributed by atoms with Gasteiger partial charge < -0.3 is 5.32 Å². The zero-order valence-corrected chi connectivity index (χ0v) is 11.5. The van der Waals surface area contributed by atoms with Crippen LogP contribution >= 0.6 is 0 Å². The fraction of sp³-hybridized carbons (Fsp3) is 1.00. The molecule has 0 amide bonds. The van der Waals surface area contributed by atoms with Crippen molar-refractivity contribution in [3.63, 3.8) is 0 Å². The molecule has 3 rings (SSSR count). The highest BCUT2D eigenvalue weighted by molar-refractivity contribution is 5.07. The van der Waals surface area contributed by atoms with Crippen LogP contribution in [-0.4, -0.2) is 12.6 Å². The van der Waals surface area contributed by atoms with E-state index in [1.165, 1.54) is 51.5 Å². The maximum absolute atomic E-state index is 3.87. The summed E-state index contributed by atoms with van der Waals surface area (Å²) in [6.07, 6.45) is 13.6. The lowest BCUT2D eigenvalue weighted by atomic mass is 9.86. The molecule has 0 saturated heterocycles. The topological polar surface area (TPSA) is 12.0 Å². The van der Waals surface area contributed by atoms with Crippen molar-refractivity contribution in [1.82, 2.24) is 5.32 Å². The van der Waals surface area contributed by atoms with Gasteiger partial charge in [0.1, 0.15) is 0 Å². The second-order valence-electron chi connectivity index (χ2n) is 6.67. The molecule has 0 aliphatic heterocycles. The van der Waals surface area contributed by atoms with Crippen LogP contribution in [0.25, 0.3) is 0 Å². The van der Waals surface area contributed by atoms with Crippen molar-refractivity contribution in [3.05, 3.63) is 0 Å². The Balaban J connectivity index is 1.62. The van der Waals surface area contributed by atoms with Gasteiger partial charge >= 0.3 is 0 Å². The minimum atomic E-state index is 0.883.